The van der Waals surface area contributed by atoms with Gasteiger partial charge in [-0.15, -0.1) is 11.3 Å². The Bertz CT molecular complexity index is 1210. The molecule has 0 aliphatic heterocycles. The van der Waals surface area contributed by atoms with Crippen LogP contribution in [0.4, 0.5) is 0 Å². The molecule has 0 aliphatic rings. The summed E-state index contributed by atoms with van der Waals surface area (Å²) < 4.78 is 2.72. The van der Waals surface area contributed by atoms with Gasteiger partial charge in [-0.05, 0) is 35.2 Å². The average Bonchev–Trinajstić information content (AvgIpc) is 3.08. The van der Waals surface area contributed by atoms with E-state index in [9.17, 15) is 0 Å². The molecule has 5 rings (SSSR count). The molecular formula is C25H18S. The summed E-state index contributed by atoms with van der Waals surface area (Å²) >= 11 is 1.90. The van der Waals surface area contributed by atoms with Crippen LogP contribution in [0.3, 0.4) is 0 Å². The van der Waals surface area contributed by atoms with E-state index >= 15 is 0 Å². The Hall–Kier alpha value is -2.90. The Balaban J connectivity index is 1.84. The minimum Gasteiger partial charge on any atom is -0.135 e. The summed E-state index contributed by atoms with van der Waals surface area (Å²) in [5, 5.41) is 2.72. The highest BCUT2D eigenvalue weighted by atomic mass is 32.1. The molecule has 1 heteroatoms. The first kappa shape index (κ1) is 15.4. The normalized spacial score (nSPS) is 11.3. The topological polar surface area (TPSA) is 0 Å². The molecule has 0 bridgehead atoms. The van der Waals surface area contributed by atoms with Crippen LogP contribution in [0, 0.1) is 6.92 Å². The van der Waals surface area contributed by atoms with Gasteiger partial charge >= 0.3 is 0 Å². The van der Waals surface area contributed by atoms with Crippen molar-refractivity contribution in [3.05, 3.63) is 96.6 Å². The Morgan fingerprint density at radius 1 is 0.577 bits per heavy atom. The molecule has 124 valence electrons. The number of fused-ring (bicyclic) bond motifs is 3. The third-order valence-corrected chi connectivity index (χ3v) is 6.17. The first-order valence-corrected chi connectivity index (χ1v) is 9.69. The van der Waals surface area contributed by atoms with Gasteiger partial charge in [-0.25, -0.2) is 0 Å². The highest BCUT2D eigenvalue weighted by Crippen LogP contribution is 2.43. The summed E-state index contributed by atoms with van der Waals surface area (Å²) in [6, 6.07) is 32.9. The fourth-order valence-electron chi connectivity index (χ4n) is 3.67. The van der Waals surface area contributed by atoms with Crippen molar-refractivity contribution < 1.29 is 0 Å². The van der Waals surface area contributed by atoms with Crippen molar-refractivity contribution >= 4 is 31.5 Å². The predicted octanol–water partition coefficient (Wildman–Crippen LogP) is 7.70. The van der Waals surface area contributed by atoms with Crippen molar-refractivity contribution in [2.75, 3.05) is 0 Å². The van der Waals surface area contributed by atoms with Gasteiger partial charge in [0.25, 0.3) is 0 Å². The van der Waals surface area contributed by atoms with Crippen LogP contribution >= 0.6 is 11.3 Å². The van der Waals surface area contributed by atoms with E-state index in [2.05, 4.69) is 97.9 Å². The molecular weight excluding hydrogens is 332 g/mol. The number of hydrogen-bond acceptors (Lipinski definition) is 1. The van der Waals surface area contributed by atoms with Crippen LogP contribution in [0.2, 0.25) is 0 Å². The second-order valence-corrected chi connectivity index (χ2v) is 7.75. The highest BCUT2D eigenvalue weighted by molar-refractivity contribution is 7.26. The SMILES string of the molecule is Cc1ccc(-c2cccc3c2sc2cccc(-c4ccccc4)c23)cc1. The number of aryl methyl sites for hydroxylation is 1. The van der Waals surface area contributed by atoms with Crippen molar-refractivity contribution in [3.63, 3.8) is 0 Å². The van der Waals surface area contributed by atoms with E-state index in [0.29, 0.717) is 0 Å². The Morgan fingerprint density at radius 2 is 1.27 bits per heavy atom. The molecule has 0 spiro atoms. The summed E-state index contributed by atoms with van der Waals surface area (Å²) in [5.41, 5.74) is 6.49. The van der Waals surface area contributed by atoms with E-state index < -0.39 is 0 Å². The molecule has 1 aromatic heterocycles. The molecule has 0 unspecified atom stereocenters. The highest BCUT2D eigenvalue weighted by Gasteiger charge is 2.13. The molecule has 0 atom stereocenters. The standard InChI is InChI=1S/C25H18S/c1-17-13-15-19(16-14-17)21-10-5-11-22-24-20(18-7-3-2-4-8-18)9-6-12-23(24)26-25(21)22/h2-16H,1H3. The molecule has 1 heterocycles. The molecule has 0 fully saturated rings. The van der Waals surface area contributed by atoms with Crippen LogP contribution in [0.5, 0.6) is 0 Å². The van der Waals surface area contributed by atoms with E-state index in [1.54, 1.807) is 0 Å². The Labute approximate surface area is 157 Å². The van der Waals surface area contributed by atoms with E-state index in [1.807, 2.05) is 11.3 Å². The van der Waals surface area contributed by atoms with Gasteiger partial charge in [0, 0.05) is 20.2 Å². The van der Waals surface area contributed by atoms with Crippen LogP contribution < -0.4 is 0 Å². The molecule has 0 amide bonds. The fourth-order valence-corrected chi connectivity index (χ4v) is 4.93. The summed E-state index contributed by atoms with van der Waals surface area (Å²) in [7, 11) is 0. The lowest BCUT2D eigenvalue weighted by Gasteiger charge is -2.06. The summed E-state index contributed by atoms with van der Waals surface area (Å²) in [6.07, 6.45) is 0. The summed E-state index contributed by atoms with van der Waals surface area (Å²) in [5.74, 6) is 0. The first-order valence-electron chi connectivity index (χ1n) is 8.88. The molecule has 0 saturated heterocycles. The maximum atomic E-state index is 2.26. The third kappa shape index (κ3) is 2.44. The Morgan fingerprint density at radius 3 is 2.08 bits per heavy atom. The zero-order chi connectivity index (χ0) is 17.5. The van der Waals surface area contributed by atoms with Gasteiger partial charge in [0.1, 0.15) is 0 Å². The minimum absolute atomic E-state index is 1.28. The number of benzene rings is 4. The van der Waals surface area contributed by atoms with Crippen molar-refractivity contribution in [2.45, 2.75) is 6.92 Å². The van der Waals surface area contributed by atoms with Gasteiger partial charge in [0.2, 0.25) is 0 Å². The van der Waals surface area contributed by atoms with Crippen LogP contribution in [-0.2, 0) is 0 Å². The monoisotopic (exact) mass is 350 g/mol. The molecule has 0 nitrogen and oxygen atoms in total. The molecule has 0 N–H and O–H groups in total. The largest absolute Gasteiger partial charge is 0.135 e. The fraction of sp³-hybridized carbons (Fsp3) is 0.0400. The van der Waals surface area contributed by atoms with Crippen LogP contribution in [0.1, 0.15) is 5.56 Å². The maximum absolute atomic E-state index is 2.26. The number of thiophene rings is 1. The average molecular weight is 350 g/mol. The second kappa shape index (κ2) is 6.12. The molecule has 0 aliphatic carbocycles. The van der Waals surface area contributed by atoms with Gasteiger partial charge < -0.3 is 0 Å². The van der Waals surface area contributed by atoms with Gasteiger partial charge in [-0.1, -0.05) is 90.5 Å². The Kier molecular flexibility index (Phi) is 3.62. The lowest BCUT2D eigenvalue weighted by Crippen LogP contribution is -1.80. The zero-order valence-corrected chi connectivity index (χ0v) is 15.4. The molecule has 4 aromatic carbocycles. The maximum Gasteiger partial charge on any atom is 0.0434 e. The number of hydrogen-bond donors (Lipinski definition) is 0. The minimum atomic E-state index is 1.28. The van der Waals surface area contributed by atoms with E-state index in [1.165, 1.54) is 48.0 Å². The van der Waals surface area contributed by atoms with Gasteiger partial charge in [-0.3, -0.25) is 0 Å². The van der Waals surface area contributed by atoms with Crippen LogP contribution in [0.15, 0.2) is 91.0 Å². The smallest absolute Gasteiger partial charge is 0.0434 e. The van der Waals surface area contributed by atoms with Gasteiger partial charge in [0.15, 0.2) is 0 Å². The van der Waals surface area contributed by atoms with Crippen molar-refractivity contribution in [1.82, 2.24) is 0 Å². The lowest BCUT2D eigenvalue weighted by molar-refractivity contribution is 1.47. The second-order valence-electron chi connectivity index (χ2n) is 6.70. The first-order chi connectivity index (χ1) is 12.8. The molecule has 0 radical (unpaired) electrons. The summed E-state index contributed by atoms with van der Waals surface area (Å²) in [6.45, 7) is 2.13. The quantitative estimate of drug-likeness (QED) is 0.306. The molecule has 5 aromatic rings. The summed E-state index contributed by atoms with van der Waals surface area (Å²) in [4.78, 5) is 0. The third-order valence-electron chi connectivity index (χ3n) is 4.97. The van der Waals surface area contributed by atoms with E-state index in [-0.39, 0.29) is 0 Å². The van der Waals surface area contributed by atoms with Crippen LogP contribution in [0.25, 0.3) is 42.4 Å². The van der Waals surface area contributed by atoms with Gasteiger partial charge in [-0.2, -0.15) is 0 Å². The zero-order valence-electron chi connectivity index (χ0n) is 14.6. The van der Waals surface area contributed by atoms with Crippen molar-refractivity contribution in [1.29, 1.82) is 0 Å². The van der Waals surface area contributed by atoms with Crippen LogP contribution in [-0.4, -0.2) is 0 Å². The lowest BCUT2D eigenvalue weighted by atomic mass is 9.97. The molecule has 0 saturated carbocycles. The van der Waals surface area contributed by atoms with Gasteiger partial charge in [0.05, 0.1) is 0 Å². The van der Waals surface area contributed by atoms with Crippen molar-refractivity contribution in [2.24, 2.45) is 0 Å². The predicted molar refractivity (Wildman–Crippen MR) is 115 cm³/mol. The van der Waals surface area contributed by atoms with Crippen molar-refractivity contribution in [3.8, 4) is 22.3 Å². The van der Waals surface area contributed by atoms with E-state index in [4.69, 9.17) is 0 Å². The number of rotatable bonds is 2. The molecule has 26 heavy (non-hydrogen) atoms. The van der Waals surface area contributed by atoms with E-state index in [0.717, 1.165) is 0 Å².